The van der Waals surface area contributed by atoms with Crippen LogP contribution in [0.3, 0.4) is 0 Å². The molecule has 2 N–H and O–H groups in total. The minimum Gasteiger partial charge on any atom is -0.332 e. The molecule has 1 heterocycles. The molecule has 0 radical (unpaired) electrons. The Morgan fingerprint density at radius 1 is 1.57 bits per heavy atom. The van der Waals surface area contributed by atoms with Gasteiger partial charge in [-0.2, -0.15) is 0 Å². The zero-order chi connectivity index (χ0) is 10.4. The Morgan fingerprint density at radius 2 is 2.21 bits per heavy atom. The van der Waals surface area contributed by atoms with Crippen LogP contribution in [0.2, 0.25) is 0 Å². The van der Waals surface area contributed by atoms with Crippen LogP contribution in [0.15, 0.2) is 12.5 Å². The molecular weight excluding hydrogens is 174 g/mol. The molecule has 78 valence electrons. The van der Waals surface area contributed by atoms with Crippen molar-refractivity contribution in [2.75, 3.05) is 0 Å². The summed E-state index contributed by atoms with van der Waals surface area (Å²) in [4.78, 5) is 4.18. The molecule has 0 aliphatic heterocycles. The summed E-state index contributed by atoms with van der Waals surface area (Å²) in [6.45, 7) is 7.43. The molecule has 0 bridgehead atoms. The maximum Gasteiger partial charge on any atom is 0.0948 e. The third kappa shape index (κ3) is 1.82. The number of nitrogens with zero attached hydrogens (tertiary/aromatic N) is 2. The molecule has 0 unspecified atom stereocenters. The molecular formula is C11H19N3. The summed E-state index contributed by atoms with van der Waals surface area (Å²) in [7, 11) is 0. The summed E-state index contributed by atoms with van der Waals surface area (Å²) in [5.41, 5.74) is 7.42. The van der Waals surface area contributed by atoms with E-state index in [1.807, 2.05) is 26.4 Å². The van der Waals surface area contributed by atoms with Crippen molar-refractivity contribution < 1.29 is 0 Å². The van der Waals surface area contributed by atoms with E-state index < -0.39 is 0 Å². The molecule has 0 atom stereocenters. The van der Waals surface area contributed by atoms with E-state index in [-0.39, 0.29) is 5.54 Å². The van der Waals surface area contributed by atoms with Crippen LogP contribution in [-0.4, -0.2) is 9.55 Å². The van der Waals surface area contributed by atoms with Crippen LogP contribution in [0.1, 0.15) is 39.3 Å². The molecule has 0 spiro atoms. The third-order valence-corrected chi connectivity index (χ3v) is 3.03. The van der Waals surface area contributed by atoms with Crippen molar-refractivity contribution in [3.63, 3.8) is 0 Å². The Labute approximate surface area is 85.3 Å². The lowest BCUT2D eigenvalue weighted by molar-refractivity contribution is 0.418. The van der Waals surface area contributed by atoms with Crippen LogP contribution in [-0.2, 0) is 12.1 Å². The Bertz CT molecular complexity index is 329. The fraction of sp³-hybridized carbons (Fsp3) is 0.727. The molecule has 0 saturated heterocycles. The van der Waals surface area contributed by atoms with E-state index in [0.717, 1.165) is 12.2 Å². The first-order valence-electron chi connectivity index (χ1n) is 5.20. The molecule has 14 heavy (non-hydrogen) atoms. The molecule has 3 heteroatoms. The summed E-state index contributed by atoms with van der Waals surface area (Å²) in [6.07, 6.45) is 6.44. The zero-order valence-corrected chi connectivity index (χ0v) is 9.25. The first kappa shape index (κ1) is 9.71. The number of nitrogens with two attached hydrogens (primary N) is 1. The standard InChI is InChI=1S/C11H19N3/c1-10(2,12)9-6-13-8-14(9)7-11(3)4-5-11/h6,8H,4-5,7,12H2,1-3H3. The molecule has 1 saturated carbocycles. The zero-order valence-electron chi connectivity index (χ0n) is 9.25. The Hall–Kier alpha value is -0.830. The van der Waals surface area contributed by atoms with E-state index in [1.54, 1.807) is 0 Å². The lowest BCUT2D eigenvalue weighted by atomic mass is 10.0. The molecule has 1 aliphatic carbocycles. The maximum atomic E-state index is 6.08. The van der Waals surface area contributed by atoms with Crippen molar-refractivity contribution in [1.82, 2.24) is 9.55 Å². The fourth-order valence-corrected chi connectivity index (χ4v) is 1.77. The van der Waals surface area contributed by atoms with Gasteiger partial charge in [0.2, 0.25) is 0 Å². The quantitative estimate of drug-likeness (QED) is 0.796. The second kappa shape index (κ2) is 2.83. The van der Waals surface area contributed by atoms with Gasteiger partial charge in [0.1, 0.15) is 0 Å². The van der Waals surface area contributed by atoms with Crippen LogP contribution in [0.25, 0.3) is 0 Å². The van der Waals surface area contributed by atoms with E-state index in [0.29, 0.717) is 5.41 Å². The van der Waals surface area contributed by atoms with Gasteiger partial charge in [0.15, 0.2) is 0 Å². The van der Waals surface area contributed by atoms with Gasteiger partial charge in [-0.3, -0.25) is 0 Å². The molecule has 1 fully saturated rings. The summed E-state index contributed by atoms with van der Waals surface area (Å²) in [6, 6.07) is 0. The van der Waals surface area contributed by atoms with Gasteiger partial charge in [0, 0.05) is 12.7 Å². The Balaban J connectivity index is 2.21. The van der Waals surface area contributed by atoms with E-state index in [2.05, 4.69) is 16.5 Å². The predicted molar refractivity (Wildman–Crippen MR) is 56.8 cm³/mol. The number of imidazole rings is 1. The van der Waals surface area contributed by atoms with Crippen molar-refractivity contribution in [3.8, 4) is 0 Å². The Kier molecular flexibility index (Phi) is 1.96. The predicted octanol–water partition coefficient (Wildman–Crippen LogP) is 1.88. The molecule has 1 aromatic rings. The van der Waals surface area contributed by atoms with Gasteiger partial charge in [0.25, 0.3) is 0 Å². The van der Waals surface area contributed by atoms with E-state index in [9.17, 15) is 0 Å². The van der Waals surface area contributed by atoms with Gasteiger partial charge in [0.05, 0.1) is 17.6 Å². The minimum atomic E-state index is -0.290. The van der Waals surface area contributed by atoms with Crippen LogP contribution < -0.4 is 5.73 Å². The lowest BCUT2D eigenvalue weighted by Crippen LogP contribution is -2.32. The second-order valence-corrected chi connectivity index (χ2v) is 5.44. The highest BCUT2D eigenvalue weighted by Gasteiger charge is 2.38. The van der Waals surface area contributed by atoms with Gasteiger partial charge in [-0.15, -0.1) is 0 Å². The number of aromatic nitrogens is 2. The van der Waals surface area contributed by atoms with Crippen LogP contribution in [0.4, 0.5) is 0 Å². The first-order chi connectivity index (χ1) is 6.41. The van der Waals surface area contributed by atoms with Crippen molar-refractivity contribution in [2.45, 2.75) is 45.7 Å². The van der Waals surface area contributed by atoms with Gasteiger partial charge < -0.3 is 10.3 Å². The van der Waals surface area contributed by atoms with E-state index in [1.165, 1.54) is 12.8 Å². The lowest BCUT2D eigenvalue weighted by Gasteiger charge is -2.22. The van der Waals surface area contributed by atoms with Crippen molar-refractivity contribution in [2.24, 2.45) is 11.1 Å². The smallest absolute Gasteiger partial charge is 0.0948 e. The summed E-state index contributed by atoms with van der Waals surface area (Å²) in [5, 5.41) is 0. The Morgan fingerprint density at radius 3 is 2.71 bits per heavy atom. The highest BCUT2D eigenvalue weighted by atomic mass is 15.1. The number of rotatable bonds is 3. The SMILES string of the molecule is CC1(Cn2cncc2C(C)(C)N)CC1. The highest BCUT2D eigenvalue weighted by molar-refractivity contribution is 5.11. The van der Waals surface area contributed by atoms with E-state index >= 15 is 0 Å². The van der Waals surface area contributed by atoms with Gasteiger partial charge in [-0.25, -0.2) is 4.98 Å². The molecule has 1 aliphatic rings. The normalized spacial score (nSPS) is 19.7. The maximum absolute atomic E-state index is 6.08. The van der Waals surface area contributed by atoms with Gasteiger partial charge in [-0.1, -0.05) is 6.92 Å². The monoisotopic (exact) mass is 193 g/mol. The van der Waals surface area contributed by atoms with E-state index in [4.69, 9.17) is 5.73 Å². The molecule has 3 nitrogen and oxygen atoms in total. The topological polar surface area (TPSA) is 43.8 Å². The number of hydrogen-bond acceptors (Lipinski definition) is 2. The fourth-order valence-electron chi connectivity index (χ4n) is 1.77. The molecule has 0 amide bonds. The summed E-state index contributed by atoms with van der Waals surface area (Å²) >= 11 is 0. The van der Waals surface area contributed by atoms with Crippen LogP contribution >= 0.6 is 0 Å². The minimum absolute atomic E-state index is 0.290. The average Bonchev–Trinajstić information content (AvgIpc) is 2.61. The average molecular weight is 193 g/mol. The second-order valence-electron chi connectivity index (χ2n) is 5.44. The van der Waals surface area contributed by atoms with Crippen LogP contribution in [0, 0.1) is 5.41 Å². The molecule has 1 aromatic heterocycles. The first-order valence-corrected chi connectivity index (χ1v) is 5.20. The van der Waals surface area contributed by atoms with Crippen molar-refractivity contribution in [3.05, 3.63) is 18.2 Å². The van der Waals surface area contributed by atoms with Crippen molar-refractivity contribution in [1.29, 1.82) is 0 Å². The van der Waals surface area contributed by atoms with Gasteiger partial charge in [-0.05, 0) is 32.1 Å². The summed E-state index contributed by atoms with van der Waals surface area (Å²) < 4.78 is 2.20. The van der Waals surface area contributed by atoms with Gasteiger partial charge >= 0.3 is 0 Å². The molecule has 0 aromatic carbocycles. The van der Waals surface area contributed by atoms with Crippen molar-refractivity contribution >= 4 is 0 Å². The summed E-state index contributed by atoms with van der Waals surface area (Å²) in [5.74, 6) is 0. The van der Waals surface area contributed by atoms with Crippen LogP contribution in [0.5, 0.6) is 0 Å². The third-order valence-electron chi connectivity index (χ3n) is 3.03. The largest absolute Gasteiger partial charge is 0.332 e. The highest BCUT2D eigenvalue weighted by Crippen LogP contribution is 2.46. The molecule has 2 rings (SSSR count). The number of hydrogen-bond donors (Lipinski definition) is 1.